The smallest absolute Gasteiger partial charge is 0.416 e. The van der Waals surface area contributed by atoms with Gasteiger partial charge in [0.05, 0.1) is 28.4 Å². The van der Waals surface area contributed by atoms with E-state index >= 15 is 0 Å². The molecule has 116 valence electrons. The van der Waals surface area contributed by atoms with Crippen LogP contribution >= 0.6 is 23.2 Å². The summed E-state index contributed by atoms with van der Waals surface area (Å²) in [7, 11) is 1.16. The van der Waals surface area contributed by atoms with E-state index in [9.17, 15) is 18.0 Å². The van der Waals surface area contributed by atoms with Crippen LogP contribution in [0.5, 0.6) is 0 Å². The fraction of sp³-hybridized carbons (Fsp3) is 0.143. The highest BCUT2D eigenvalue weighted by Gasteiger charge is 2.31. The summed E-state index contributed by atoms with van der Waals surface area (Å²) < 4.78 is 42.4. The Hall–Kier alpha value is -1.79. The second-order valence-electron chi connectivity index (χ2n) is 4.21. The van der Waals surface area contributed by atoms with Gasteiger partial charge in [-0.25, -0.2) is 9.78 Å². The first-order chi connectivity index (χ1) is 10.2. The average Bonchev–Trinajstić information content (AvgIpc) is 2.46. The van der Waals surface area contributed by atoms with Crippen molar-refractivity contribution in [2.24, 2.45) is 0 Å². The Balaban J connectivity index is 2.51. The minimum atomic E-state index is -4.49. The number of halogens is 5. The van der Waals surface area contributed by atoms with Gasteiger partial charge in [-0.3, -0.25) is 0 Å². The van der Waals surface area contributed by atoms with Gasteiger partial charge in [-0.05, 0) is 24.3 Å². The molecule has 0 unspecified atom stereocenters. The van der Waals surface area contributed by atoms with Gasteiger partial charge < -0.3 is 4.74 Å². The summed E-state index contributed by atoms with van der Waals surface area (Å²) in [6.07, 6.45) is -4.49. The van der Waals surface area contributed by atoms with Crippen LogP contribution in [0.25, 0.3) is 11.3 Å². The molecule has 1 aromatic heterocycles. The number of alkyl halides is 3. The first kappa shape index (κ1) is 16.6. The number of benzene rings is 1. The topological polar surface area (TPSA) is 39.2 Å². The lowest BCUT2D eigenvalue weighted by Crippen LogP contribution is -2.07. The van der Waals surface area contributed by atoms with Crippen molar-refractivity contribution >= 4 is 29.2 Å². The van der Waals surface area contributed by atoms with Gasteiger partial charge in [-0.15, -0.1) is 0 Å². The van der Waals surface area contributed by atoms with E-state index in [4.69, 9.17) is 23.2 Å². The number of rotatable bonds is 2. The molecule has 0 amide bonds. The molecular weight excluding hydrogens is 342 g/mol. The predicted molar refractivity (Wildman–Crippen MR) is 76.0 cm³/mol. The molecule has 0 aliphatic carbocycles. The average molecular weight is 350 g/mol. The number of pyridine rings is 1. The molecule has 2 rings (SSSR count). The molecule has 1 aromatic carbocycles. The molecule has 0 saturated carbocycles. The van der Waals surface area contributed by atoms with E-state index in [1.54, 1.807) is 0 Å². The molecule has 0 N–H and O–H groups in total. The summed E-state index contributed by atoms with van der Waals surface area (Å²) in [5, 5.41) is -0.0703. The molecule has 0 atom stereocenters. The van der Waals surface area contributed by atoms with Gasteiger partial charge in [0.15, 0.2) is 5.69 Å². The number of hydrogen-bond acceptors (Lipinski definition) is 3. The normalized spacial score (nSPS) is 11.4. The van der Waals surface area contributed by atoms with Crippen LogP contribution in [0.3, 0.4) is 0 Å². The third-order valence-corrected chi connectivity index (χ3v) is 3.41. The van der Waals surface area contributed by atoms with Crippen molar-refractivity contribution < 1.29 is 22.7 Å². The SMILES string of the molecule is COC(=O)c1nc(-c2ccc(C(F)(F)F)cc2Cl)ccc1Cl. The van der Waals surface area contributed by atoms with Crippen molar-refractivity contribution in [2.75, 3.05) is 7.11 Å². The molecule has 1 heterocycles. The van der Waals surface area contributed by atoms with Crippen molar-refractivity contribution in [3.8, 4) is 11.3 Å². The molecule has 22 heavy (non-hydrogen) atoms. The van der Waals surface area contributed by atoms with Crippen LogP contribution in [0.2, 0.25) is 10.0 Å². The Labute approximate surface area is 133 Å². The summed E-state index contributed by atoms with van der Waals surface area (Å²) in [6.45, 7) is 0. The minimum Gasteiger partial charge on any atom is -0.464 e. The molecular formula is C14H8Cl2F3NO2. The molecule has 0 radical (unpaired) electrons. The number of hydrogen-bond donors (Lipinski definition) is 0. The largest absolute Gasteiger partial charge is 0.464 e. The Bertz CT molecular complexity index is 733. The fourth-order valence-corrected chi connectivity index (χ4v) is 2.19. The lowest BCUT2D eigenvalue weighted by molar-refractivity contribution is -0.137. The molecule has 0 bridgehead atoms. The van der Waals surface area contributed by atoms with Gasteiger partial charge in [0, 0.05) is 5.56 Å². The van der Waals surface area contributed by atoms with E-state index in [1.807, 2.05) is 0 Å². The van der Waals surface area contributed by atoms with Crippen LogP contribution in [0.4, 0.5) is 13.2 Å². The maximum Gasteiger partial charge on any atom is 0.416 e. The van der Waals surface area contributed by atoms with Gasteiger partial charge in [-0.1, -0.05) is 29.3 Å². The van der Waals surface area contributed by atoms with Crippen LogP contribution in [-0.2, 0) is 10.9 Å². The maximum absolute atomic E-state index is 12.6. The molecule has 8 heteroatoms. The summed E-state index contributed by atoms with van der Waals surface area (Å²) in [5.74, 6) is -0.755. The number of aromatic nitrogens is 1. The van der Waals surface area contributed by atoms with E-state index in [-0.39, 0.29) is 27.0 Å². The van der Waals surface area contributed by atoms with Crippen molar-refractivity contribution in [1.82, 2.24) is 4.98 Å². The highest BCUT2D eigenvalue weighted by Crippen LogP contribution is 2.35. The first-order valence-corrected chi connectivity index (χ1v) is 6.61. The second kappa shape index (κ2) is 6.14. The zero-order valence-electron chi connectivity index (χ0n) is 11.0. The molecule has 0 saturated heterocycles. The Morgan fingerprint density at radius 3 is 2.36 bits per heavy atom. The molecule has 0 spiro atoms. The highest BCUT2D eigenvalue weighted by molar-refractivity contribution is 6.34. The van der Waals surface area contributed by atoms with Gasteiger partial charge in [0.25, 0.3) is 0 Å². The standard InChI is InChI=1S/C14H8Cl2F3NO2/c1-22-13(21)12-9(15)4-5-11(20-12)8-3-2-7(6-10(8)16)14(17,18)19/h2-6H,1H3. The fourth-order valence-electron chi connectivity index (χ4n) is 1.73. The van der Waals surface area contributed by atoms with Gasteiger partial charge in [0.1, 0.15) is 0 Å². The Morgan fingerprint density at radius 1 is 1.14 bits per heavy atom. The van der Waals surface area contributed by atoms with Crippen molar-refractivity contribution in [3.63, 3.8) is 0 Å². The summed E-state index contributed by atoms with van der Waals surface area (Å²) in [6, 6.07) is 5.70. The maximum atomic E-state index is 12.6. The zero-order chi connectivity index (χ0) is 16.5. The number of methoxy groups -OCH3 is 1. The van der Waals surface area contributed by atoms with Crippen LogP contribution in [0.15, 0.2) is 30.3 Å². The van der Waals surface area contributed by atoms with Gasteiger partial charge >= 0.3 is 12.1 Å². The summed E-state index contributed by atoms with van der Waals surface area (Å²) in [5.41, 5.74) is -0.555. The van der Waals surface area contributed by atoms with Crippen LogP contribution in [0.1, 0.15) is 16.1 Å². The minimum absolute atomic E-state index is 0.0682. The lowest BCUT2D eigenvalue weighted by atomic mass is 10.1. The van der Waals surface area contributed by atoms with Crippen molar-refractivity contribution in [1.29, 1.82) is 0 Å². The van der Waals surface area contributed by atoms with Gasteiger partial charge in [0.2, 0.25) is 0 Å². The van der Waals surface area contributed by atoms with E-state index in [2.05, 4.69) is 9.72 Å². The first-order valence-electron chi connectivity index (χ1n) is 5.86. The molecule has 2 aromatic rings. The van der Waals surface area contributed by atoms with E-state index in [1.165, 1.54) is 18.2 Å². The lowest BCUT2D eigenvalue weighted by Gasteiger charge is -2.10. The molecule has 3 nitrogen and oxygen atoms in total. The quantitative estimate of drug-likeness (QED) is 0.726. The van der Waals surface area contributed by atoms with E-state index in [0.29, 0.717) is 0 Å². The summed E-state index contributed by atoms with van der Waals surface area (Å²) in [4.78, 5) is 15.5. The Morgan fingerprint density at radius 2 is 1.82 bits per heavy atom. The summed E-state index contributed by atoms with van der Waals surface area (Å²) >= 11 is 11.7. The second-order valence-corrected chi connectivity index (χ2v) is 5.03. The zero-order valence-corrected chi connectivity index (χ0v) is 12.6. The number of esters is 1. The van der Waals surface area contributed by atoms with Crippen LogP contribution in [-0.4, -0.2) is 18.1 Å². The third-order valence-electron chi connectivity index (χ3n) is 2.80. The van der Waals surface area contributed by atoms with Crippen molar-refractivity contribution in [3.05, 3.63) is 51.6 Å². The van der Waals surface area contributed by atoms with E-state index in [0.717, 1.165) is 19.2 Å². The predicted octanol–water partition coefficient (Wildman–Crippen LogP) is 4.86. The van der Waals surface area contributed by atoms with Gasteiger partial charge in [-0.2, -0.15) is 13.2 Å². The molecule has 0 fully saturated rings. The highest BCUT2D eigenvalue weighted by atomic mass is 35.5. The van der Waals surface area contributed by atoms with Crippen LogP contribution < -0.4 is 0 Å². The van der Waals surface area contributed by atoms with Crippen molar-refractivity contribution in [2.45, 2.75) is 6.18 Å². The number of carbonyl (C=O) groups is 1. The molecule has 0 aliphatic heterocycles. The number of ether oxygens (including phenoxy) is 1. The molecule has 0 aliphatic rings. The number of carbonyl (C=O) groups excluding carboxylic acids is 1. The third kappa shape index (κ3) is 3.34. The monoisotopic (exact) mass is 349 g/mol. The number of nitrogens with zero attached hydrogens (tertiary/aromatic N) is 1. The van der Waals surface area contributed by atoms with Crippen LogP contribution in [0, 0.1) is 0 Å². The Kier molecular flexibility index (Phi) is 4.63. The van der Waals surface area contributed by atoms with E-state index < -0.39 is 17.7 Å².